The fourth-order valence-electron chi connectivity index (χ4n) is 2.52. The van der Waals surface area contributed by atoms with Crippen LogP contribution in [0, 0.1) is 11.7 Å². The van der Waals surface area contributed by atoms with Crippen molar-refractivity contribution in [3.05, 3.63) is 29.6 Å². The zero-order chi connectivity index (χ0) is 13.3. The quantitative estimate of drug-likeness (QED) is 0.837. The third-order valence-electron chi connectivity index (χ3n) is 3.59. The van der Waals surface area contributed by atoms with E-state index in [0.717, 1.165) is 13.0 Å². The maximum absolute atomic E-state index is 13.7. The minimum Gasteiger partial charge on any atom is -0.393 e. The van der Waals surface area contributed by atoms with Crippen molar-refractivity contribution in [2.75, 3.05) is 18.0 Å². The van der Waals surface area contributed by atoms with Crippen molar-refractivity contribution in [1.82, 2.24) is 0 Å². The molecule has 0 aliphatic carbocycles. The Balaban J connectivity index is 2.30. The topological polar surface area (TPSA) is 40.5 Å². The number of ketones is 1. The lowest BCUT2D eigenvalue weighted by Gasteiger charge is -2.22. The molecule has 1 heterocycles. The van der Waals surface area contributed by atoms with Crippen molar-refractivity contribution in [3.63, 3.8) is 0 Å². The Kier molecular flexibility index (Phi) is 3.66. The molecule has 1 aromatic carbocycles. The first-order chi connectivity index (χ1) is 8.50. The van der Waals surface area contributed by atoms with E-state index in [1.807, 2.05) is 4.90 Å². The highest BCUT2D eigenvalue weighted by atomic mass is 19.1. The van der Waals surface area contributed by atoms with Crippen LogP contribution in [0.5, 0.6) is 0 Å². The standard InChI is InChI=1S/C14H18FNO2/c1-9(17)11-6-7-16(8-11)13-5-3-4-12(15)14(13)10(2)18/h3-5,9,11,17H,6-8H2,1-2H3. The Bertz CT molecular complexity index is 459. The maximum atomic E-state index is 13.7. The average molecular weight is 251 g/mol. The lowest BCUT2D eigenvalue weighted by atomic mass is 10.0. The molecule has 1 aliphatic heterocycles. The number of carbonyl (C=O) groups is 1. The predicted octanol–water partition coefficient (Wildman–Crippen LogP) is 2.24. The van der Waals surface area contributed by atoms with Gasteiger partial charge in [-0.25, -0.2) is 4.39 Å². The van der Waals surface area contributed by atoms with Gasteiger partial charge in [-0.15, -0.1) is 0 Å². The van der Waals surface area contributed by atoms with Crippen molar-refractivity contribution in [3.8, 4) is 0 Å². The number of halogens is 1. The summed E-state index contributed by atoms with van der Waals surface area (Å²) >= 11 is 0. The molecular formula is C14H18FNO2. The zero-order valence-electron chi connectivity index (χ0n) is 10.7. The summed E-state index contributed by atoms with van der Waals surface area (Å²) in [4.78, 5) is 13.5. The Morgan fingerprint density at radius 2 is 2.28 bits per heavy atom. The van der Waals surface area contributed by atoms with Gasteiger partial charge in [-0.1, -0.05) is 6.07 Å². The summed E-state index contributed by atoms with van der Waals surface area (Å²) in [6.07, 6.45) is 0.496. The van der Waals surface area contributed by atoms with Gasteiger partial charge >= 0.3 is 0 Å². The van der Waals surface area contributed by atoms with Crippen LogP contribution in [0.3, 0.4) is 0 Å². The smallest absolute Gasteiger partial charge is 0.164 e. The number of benzene rings is 1. The summed E-state index contributed by atoms with van der Waals surface area (Å²) in [6.45, 7) is 4.57. The molecule has 1 fully saturated rings. The van der Waals surface area contributed by atoms with E-state index in [1.54, 1.807) is 19.1 Å². The van der Waals surface area contributed by atoms with E-state index in [1.165, 1.54) is 13.0 Å². The van der Waals surface area contributed by atoms with Crippen LogP contribution < -0.4 is 4.90 Å². The summed E-state index contributed by atoms with van der Waals surface area (Å²) in [6, 6.07) is 4.69. The molecule has 1 aliphatic rings. The van der Waals surface area contributed by atoms with Crippen molar-refractivity contribution >= 4 is 11.5 Å². The first-order valence-electron chi connectivity index (χ1n) is 6.23. The molecule has 1 aromatic rings. The Labute approximate surface area is 106 Å². The summed E-state index contributed by atoms with van der Waals surface area (Å²) < 4.78 is 13.7. The molecule has 0 amide bonds. The van der Waals surface area contributed by atoms with Crippen LogP contribution in [0.1, 0.15) is 30.6 Å². The molecule has 0 spiro atoms. The Morgan fingerprint density at radius 1 is 1.56 bits per heavy atom. The van der Waals surface area contributed by atoms with Crippen molar-refractivity contribution in [2.45, 2.75) is 26.4 Å². The third-order valence-corrected chi connectivity index (χ3v) is 3.59. The lowest BCUT2D eigenvalue weighted by molar-refractivity contribution is 0.101. The third kappa shape index (κ3) is 2.38. The van der Waals surface area contributed by atoms with Crippen molar-refractivity contribution in [2.24, 2.45) is 5.92 Å². The van der Waals surface area contributed by atoms with Crippen LogP contribution in [0.2, 0.25) is 0 Å². The van der Waals surface area contributed by atoms with Gasteiger partial charge in [0.2, 0.25) is 0 Å². The van der Waals surface area contributed by atoms with Crippen LogP contribution in [-0.2, 0) is 0 Å². The van der Waals surface area contributed by atoms with E-state index in [2.05, 4.69) is 0 Å². The Hall–Kier alpha value is -1.42. The first kappa shape index (κ1) is 13.0. The van der Waals surface area contributed by atoms with E-state index >= 15 is 0 Å². The number of aliphatic hydroxyl groups excluding tert-OH is 1. The first-order valence-corrected chi connectivity index (χ1v) is 6.23. The Morgan fingerprint density at radius 3 is 2.83 bits per heavy atom. The number of hydrogen-bond acceptors (Lipinski definition) is 3. The molecular weight excluding hydrogens is 233 g/mol. The molecule has 1 N–H and O–H groups in total. The van der Waals surface area contributed by atoms with Gasteiger partial charge in [0.1, 0.15) is 5.82 Å². The fourth-order valence-corrected chi connectivity index (χ4v) is 2.52. The fraction of sp³-hybridized carbons (Fsp3) is 0.500. The van der Waals surface area contributed by atoms with Crippen molar-refractivity contribution in [1.29, 1.82) is 0 Å². The number of anilines is 1. The van der Waals surface area contributed by atoms with Crippen LogP contribution in [0.4, 0.5) is 10.1 Å². The highest BCUT2D eigenvalue weighted by Gasteiger charge is 2.28. The van der Waals surface area contributed by atoms with Gasteiger partial charge in [-0.2, -0.15) is 0 Å². The summed E-state index contributed by atoms with van der Waals surface area (Å²) in [5, 5.41) is 9.58. The second kappa shape index (κ2) is 5.06. The number of carbonyl (C=O) groups excluding carboxylic acids is 1. The lowest BCUT2D eigenvalue weighted by Crippen LogP contribution is -2.25. The highest BCUT2D eigenvalue weighted by Crippen LogP contribution is 2.30. The van der Waals surface area contributed by atoms with Gasteiger partial charge in [-0.05, 0) is 32.4 Å². The van der Waals surface area contributed by atoms with Gasteiger partial charge < -0.3 is 10.0 Å². The number of rotatable bonds is 3. The maximum Gasteiger partial charge on any atom is 0.164 e. The molecule has 2 unspecified atom stereocenters. The van der Waals surface area contributed by atoms with E-state index in [9.17, 15) is 14.3 Å². The molecule has 1 saturated heterocycles. The molecule has 2 atom stereocenters. The summed E-state index contributed by atoms with van der Waals surface area (Å²) in [5.41, 5.74) is 0.800. The molecule has 3 nitrogen and oxygen atoms in total. The molecule has 0 aromatic heterocycles. The molecule has 98 valence electrons. The van der Waals surface area contributed by atoms with Gasteiger partial charge in [0, 0.05) is 19.0 Å². The highest BCUT2D eigenvalue weighted by molar-refractivity contribution is 6.00. The summed E-state index contributed by atoms with van der Waals surface area (Å²) in [7, 11) is 0. The molecule has 18 heavy (non-hydrogen) atoms. The minimum absolute atomic E-state index is 0.156. The molecule has 0 saturated carbocycles. The van der Waals surface area contributed by atoms with Gasteiger partial charge in [0.05, 0.1) is 17.4 Å². The largest absolute Gasteiger partial charge is 0.393 e. The number of Topliss-reactive ketones (excluding diaryl/α,β-unsaturated/α-hetero) is 1. The predicted molar refractivity (Wildman–Crippen MR) is 68.4 cm³/mol. The van der Waals surface area contributed by atoms with Gasteiger partial charge in [0.25, 0.3) is 0 Å². The normalized spacial score (nSPS) is 21.1. The van der Waals surface area contributed by atoms with Crippen LogP contribution in [0.25, 0.3) is 0 Å². The van der Waals surface area contributed by atoms with E-state index in [-0.39, 0.29) is 23.4 Å². The van der Waals surface area contributed by atoms with E-state index < -0.39 is 5.82 Å². The molecule has 4 heteroatoms. The van der Waals surface area contributed by atoms with Gasteiger partial charge in [-0.3, -0.25) is 4.79 Å². The van der Waals surface area contributed by atoms with Crippen LogP contribution in [-0.4, -0.2) is 30.1 Å². The molecule has 0 radical (unpaired) electrons. The molecule has 2 rings (SSSR count). The minimum atomic E-state index is -0.472. The van der Waals surface area contributed by atoms with E-state index in [4.69, 9.17) is 0 Å². The van der Waals surface area contributed by atoms with Crippen LogP contribution in [0.15, 0.2) is 18.2 Å². The molecule has 0 bridgehead atoms. The van der Waals surface area contributed by atoms with Crippen molar-refractivity contribution < 1.29 is 14.3 Å². The van der Waals surface area contributed by atoms with Crippen LogP contribution >= 0.6 is 0 Å². The SMILES string of the molecule is CC(=O)c1c(F)cccc1N1CCC(C(C)O)C1. The van der Waals surface area contributed by atoms with Gasteiger partial charge in [0.15, 0.2) is 5.78 Å². The number of aliphatic hydroxyl groups is 1. The average Bonchev–Trinajstić information content (AvgIpc) is 2.77. The summed E-state index contributed by atoms with van der Waals surface area (Å²) in [5.74, 6) is -0.544. The number of nitrogens with zero attached hydrogens (tertiary/aromatic N) is 1. The monoisotopic (exact) mass is 251 g/mol. The number of hydrogen-bond donors (Lipinski definition) is 1. The second-order valence-corrected chi connectivity index (χ2v) is 4.93. The second-order valence-electron chi connectivity index (χ2n) is 4.93. The zero-order valence-corrected chi connectivity index (χ0v) is 10.7. The van der Waals surface area contributed by atoms with E-state index in [0.29, 0.717) is 12.2 Å².